The normalized spacial score (nSPS) is 14.1. The summed E-state index contributed by atoms with van der Waals surface area (Å²) in [6.07, 6.45) is 5.36. The van der Waals surface area contributed by atoms with E-state index in [4.69, 9.17) is 0 Å². The Balaban J connectivity index is 1.86. The van der Waals surface area contributed by atoms with E-state index in [1.165, 1.54) is 0 Å². The van der Waals surface area contributed by atoms with Crippen LogP contribution in [0, 0.1) is 0 Å². The molecule has 5 nitrogen and oxygen atoms in total. The van der Waals surface area contributed by atoms with Crippen LogP contribution in [0.15, 0.2) is 49.1 Å². The Bertz CT molecular complexity index is 687. The van der Waals surface area contributed by atoms with Crippen molar-refractivity contribution in [3.63, 3.8) is 0 Å². The Morgan fingerprint density at radius 3 is 2.75 bits per heavy atom. The van der Waals surface area contributed by atoms with Gasteiger partial charge in [0, 0.05) is 23.8 Å². The molecule has 102 valence electrons. The number of anilines is 1. The molecule has 0 spiro atoms. The Hall–Kier alpha value is -2.43. The van der Waals surface area contributed by atoms with Crippen molar-refractivity contribution in [2.75, 3.05) is 5.32 Å². The van der Waals surface area contributed by atoms with Crippen LogP contribution in [0.1, 0.15) is 19.9 Å². The number of hydrogen-bond donors (Lipinski definition) is 1. The van der Waals surface area contributed by atoms with Gasteiger partial charge in [0.05, 0.1) is 11.6 Å². The van der Waals surface area contributed by atoms with Crippen molar-refractivity contribution in [1.82, 2.24) is 19.7 Å². The molecule has 0 bridgehead atoms. The molecule has 1 aromatic carbocycles. The third kappa shape index (κ3) is 2.34. The molecule has 0 radical (unpaired) electrons. The van der Waals surface area contributed by atoms with Crippen LogP contribution in [-0.2, 0) is 0 Å². The van der Waals surface area contributed by atoms with Crippen molar-refractivity contribution in [2.45, 2.75) is 25.9 Å². The molecule has 3 aromatic rings. The van der Waals surface area contributed by atoms with Gasteiger partial charge in [-0.3, -0.25) is 4.68 Å². The molecule has 20 heavy (non-hydrogen) atoms. The second kappa shape index (κ2) is 5.28. The smallest absolute Gasteiger partial charge is 0.137 e. The lowest BCUT2D eigenvalue weighted by molar-refractivity contribution is 0.443. The molecule has 0 unspecified atom stereocenters. The minimum Gasteiger partial charge on any atom is -0.365 e. The molecular formula is C15H17N5. The topological polar surface area (TPSA) is 55.6 Å². The first-order valence-electron chi connectivity index (χ1n) is 6.71. The first-order chi connectivity index (χ1) is 9.75. The molecule has 2 heterocycles. The second-order valence-corrected chi connectivity index (χ2v) is 4.90. The summed E-state index contributed by atoms with van der Waals surface area (Å²) in [5.41, 5.74) is 0.948. The maximum atomic E-state index is 4.36. The number of benzene rings is 1. The lowest BCUT2D eigenvalue weighted by atomic mass is 10.1. The highest BCUT2D eigenvalue weighted by atomic mass is 15.3. The maximum absolute atomic E-state index is 4.36. The summed E-state index contributed by atoms with van der Waals surface area (Å²) >= 11 is 0. The Morgan fingerprint density at radius 2 is 1.95 bits per heavy atom. The Labute approximate surface area is 117 Å². The zero-order chi connectivity index (χ0) is 13.9. The van der Waals surface area contributed by atoms with E-state index in [1.54, 1.807) is 12.5 Å². The number of rotatable bonds is 4. The van der Waals surface area contributed by atoms with Gasteiger partial charge in [-0.25, -0.2) is 9.97 Å². The Morgan fingerprint density at radius 1 is 1.10 bits per heavy atom. The van der Waals surface area contributed by atoms with Crippen molar-refractivity contribution in [3.05, 3.63) is 49.1 Å². The summed E-state index contributed by atoms with van der Waals surface area (Å²) in [6, 6.07) is 10.4. The van der Waals surface area contributed by atoms with Crippen LogP contribution >= 0.6 is 0 Å². The number of hydrogen-bond acceptors (Lipinski definition) is 4. The van der Waals surface area contributed by atoms with E-state index >= 15 is 0 Å². The standard InChI is InChI=1S/C15H17N5/c1-11(12(2)20-9-5-8-18-20)19-15-13-6-3-4-7-14(13)16-10-17-15/h3-12H,1-2H3,(H,16,17,19)/t11-,12+/m1/s1. The van der Waals surface area contributed by atoms with Crippen LogP contribution < -0.4 is 5.32 Å². The van der Waals surface area contributed by atoms with Gasteiger partial charge < -0.3 is 5.32 Å². The van der Waals surface area contributed by atoms with Crippen LogP contribution in [0.4, 0.5) is 5.82 Å². The van der Waals surface area contributed by atoms with Crippen molar-refractivity contribution in [1.29, 1.82) is 0 Å². The van der Waals surface area contributed by atoms with E-state index < -0.39 is 0 Å². The van der Waals surface area contributed by atoms with Gasteiger partial charge in [-0.1, -0.05) is 12.1 Å². The summed E-state index contributed by atoms with van der Waals surface area (Å²) in [5, 5.41) is 8.78. The van der Waals surface area contributed by atoms with Gasteiger partial charge in [-0.2, -0.15) is 5.10 Å². The molecule has 2 atom stereocenters. The number of fused-ring (bicyclic) bond motifs is 1. The fourth-order valence-corrected chi connectivity index (χ4v) is 2.21. The first kappa shape index (κ1) is 12.6. The van der Waals surface area contributed by atoms with Crippen LogP contribution in [0.25, 0.3) is 10.9 Å². The molecule has 1 N–H and O–H groups in total. The van der Waals surface area contributed by atoms with Gasteiger partial charge in [-0.05, 0) is 32.0 Å². The van der Waals surface area contributed by atoms with Crippen molar-refractivity contribution >= 4 is 16.7 Å². The largest absolute Gasteiger partial charge is 0.365 e. The van der Waals surface area contributed by atoms with Crippen LogP contribution in [0.3, 0.4) is 0 Å². The summed E-state index contributed by atoms with van der Waals surface area (Å²) in [5.74, 6) is 0.863. The predicted octanol–water partition coefficient (Wildman–Crippen LogP) is 2.89. The highest BCUT2D eigenvalue weighted by molar-refractivity contribution is 5.88. The minimum absolute atomic E-state index is 0.202. The molecule has 0 saturated heterocycles. The average Bonchev–Trinajstić information content (AvgIpc) is 3.01. The third-order valence-corrected chi connectivity index (χ3v) is 3.57. The van der Waals surface area contributed by atoms with Crippen molar-refractivity contribution in [3.8, 4) is 0 Å². The highest BCUT2D eigenvalue weighted by Gasteiger charge is 2.15. The average molecular weight is 267 g/mol. The number of para-hydroxylation sites is 1. The van der Waals surface area contributed by atoms with E-state index in [0.717, 1.165) is 16.7 Å². The minimum atomic E-state index is 0.202. The Kier molecular flexibility index (Phi) is 3.33. The molecule has 0 aliphatic heterocycles. The zero-order valence-corrected chi connectivity index (χ0v) is 11.6. The molecule has 0 saturated carbocycles. The summed E-state index contributed by atoms with van der Waals surface area (Å²) < 4.78 is 1.95. The third-order valence-electron chi connectivity index (χ3n) is 3.57. The molecule has 0 fully saturated rings. The van der Waals surface area contributed by atoms with Crippen LogP contribution in [0.2, 0.25) is 0 Å². The van der Waals surface area contributed by atoms with E-state index in [-0.39, 0.29) is 12.1 Å². The van der Waals surface area contributed by atoms with E-state index in [0.29, 0.717) is 0 Å². The lowest BCUT2D eigenvalue weighted by Gasteiger charge is -2.22. The van der Waals surface area contributed by atoms with Gasteiger partial charge in [0.25, 0.3) is 0 Å². The van der Waals surface area contributed by atoms with E-state index in [1.807, 2.05) is 41.2 Å². The number of nitrogens with zero attached hydrogens (tertiary/aromatic N) is 4. The predicted molar refractivity (Wildman–Crippen MR) is 79.6 cm³/mol. The summed E-state index contributed by atoms with van der Waals surface area (Å²) in [7, 11) is 0. The van der Waals surface area contributed by atoms with Gasteiger partial charge >= 0.3 is 0 Å². The van der Waals surface area contributed by atoms with Gasteiger partial charge in [0.15, 0.2) is 0 Å². The lowest BCUT2D eigenvalue weighted by Crippen LogP contribution is -2.27. The fourth-order valence-electron chi connectivity index (χ4n) is 2.21. The number of aromatic nitrogens is 4. The molecule has 2 aromatic heterocycles. The zero-order valence-electron chi connectivity index (χ0n) is 11.6. The number of nitrogens with one attached hydrogen (secondary N) is 1. The molecule has 0 amide bonds. The molecule has 5 heteroatoms. The van der Waals surface area contributed by atoms with Crippen LogP contribution in [-0.4, -0.2) is 25.8 Å². The summed E-state index contributed by atoms with van der Waals surface area (Å²) in [4.78, 5) is 8.63. The van der Waals surface area contributed by atoms with Gasteiger partial charge in [-0.15, -0.1) is 0 Å². The fraction of sp³-hybridized carbons (Fsp3) is 0.267. The van der Waals surface area contributed by atoms with E-state index in [9.17, 15) is 0 Å². The second-order valence-electron chi connectivity index (χ2n) is 4.90. The highest BCUT2D eigenvalue weighted by Crippen LogP contribution is 2.21. The van der Waals surface area contributed by atoms with Crippen molar-refractivity contribution in [2.24, 2.45) is 0 Å². The first-order valence-corrected chi connectivity index (χ1v) is 6.71. The molecule has 3 rings (SSSR count). The van der Waals surface area contributed by atoms with Gasteiger partial charge in [0.1, 0.15) is 12.1 Å². The molecule has 0 aliphatic carbocycles. The maximum Gasteiger partial charge on any atom is 0.137 e. The summed E-state index contributed by atoms with van der Waals surface area (Å²) in [6.45, 7) is 4.26. The molecule has 0 aliphatic rings. The SMILES string of the molecule is C[C@@H](Nc1ncnc2ccccc12)[C@H](C)n1cccn1. The van der Waals surface area contributed by atoms with Gasteiger partial charge in [0.2, 0.25) is 0 Å². The van der Waals surface area contributed by atoms with Crippen molar-refractivity contribution < 1.29 is 0 Å². The molecular weight excluding hydrogens is 250 g/mol. The monoisotopic (exact) mass is 267 g/mol. The quantitative estimate of drug-likeness (QED) is 0.789. The van der Waals surface area contributed by atoms with Crippen LogP contribution in [0.5, 0.6) is 0 Å². The van der Waals surface area contributed by atoms with E-state index in [2.05, 4.69) is 34.2 Å².